The van der Waals surface area contributed by atoms with Gasteiger partial charge in [0, 0.05) is 13.6 Å². The van der Waals surface area contributed by atoms with Crippen molar-refractivity contribution in [2.45, 2.75) is 6.92 Å². The third kappa shape index (κ3) is 2.25. The molecule has 1 N–H and O–H groups in total. The van der Waals surface area contributed by atoms with Gasteiger partial charge < -0.3 is 9.88 Å². The molecule has 0 aliphatic rings. The summed E-state index contributed by atoms with van der Waals surface area (Å²) >= 11 is 8.97. The Morgan fingerprint density at radius 1 is 1.77 bits per heavy atom. The Balaban J connectivity index is 2.89. The summed E-state index contributed by atoms with van der Waals surface area (Å²) in [7, 11) is 1.74. The van der Waals surface area contributed by atoms with E-state index in [0.29, 0.717) is 21.9 Å². The van der Waals surface area contributed by atoms with Gasteiger partial charge in [-0.3, -0.25) is 4.79 Å². The number of aromatic nitrogens is 1. The molecule has 13 heavy (non-hydrogen) atoms. The molecule has 0 fully saturated rings. The van der Waals surface area contributed by atoms with E-state index in [0.717, 1.165) is 0 Å². The van der Waals surface area contributed by atoms with E-state index in [1.807, 2.05) is 6.92 Å². The fourth-order valence-electron chi connectivity index (χ4n) is 0.869. The van der Waals surface area contributed by atoms with Crippen molar-refractivity contribution in [3.63, 3.8) is 0 Å². The summed E-state index contributed by atoms with van der Waals surface area (Å²) < 4.78 is 0.710. The Hall–Kier alpha value is -0.480. The first-order valence-electron chi connectivity index (χ1n) is 3.85. The molecular weight excluding hydrogens is 255 g/mol. The van der Waals surface area contributed by atoms with E-state index in [9.17, 15) is 4.79 Å². The van der Waals surface area contributed by atoms with Gasteiger partial charge in [0.1, 0.15) is 10.8 Å². The predicted molar refractivity (Wildman–Crippen MR) is 56.1 cm³/mol. The number of rotatable bonds is 2. The molecule has 1 aromatic heterocycles. The van der Waals surface area contributed by atoms with Gasteiger partial charge in [0.25, 0.3) is 5.91 Å². The molecule has 5 heteroatoms. The summed E-state index contributed by atoms with van der Waals surface area (Å²) in [5, 5.41) is 0.452. The summed E-state index contributed by atoms with van der Waals surface area (Å²) in [6, 6.07) is 1.68. The van der Waals surface area contributed by atoms with Crippen molar-refractivity contribution in [3.05, 3.63) is 21.4 Å². The zero-order valence-corrected chi connectivity index (χ0v) is 9.74. The lowest BCUT2D eigenvalue weighted by atomic mass is 10.4. The second-order valence-corrected chi connectivity index (χ2v) is 3.90. The number of halogens is 2. The summed E-state index contributed by atoms with van der Waals surface area (Å²) in [5.41, 5.74) is 0.501. The molecule has 3 nitrogen and oxygen atoms in total. The van der Waals surface area contributed by atoms with Crippen molar-refractivity contribution >= 4 is 33.4 Å². The molecule has 1 aromatic rings. The van der Waals surface area contributed by atoms with Crippen molar-refractivity contribution in [2.24, 2.45) is 0 Å². The molecule has 72 valence electrons. The van der Waals surface area contributed by atoms with Crippen LogP contribution in [0.2, 0.25) is 5.15 Å². The third-order valence-electron chi connectivity index (χ3n) is 1.78. The van der Waals surface area contributed by atoms with Crippen LogP contribution in [0.5, 0.6) is 0 Å². The van der Waals surface area contributed by atoms with Crippen LogP contribution in [0, 0.1) is 0 Å². The highest BCUT2D eigenvalue weighted by atomic mass is 79.9. The molecule has 0 atom stereocenters. The normalized spacial score (nSPS) is 10.2. The quantitative estimate of drug-likeness (QED) is 0.876. The highest BCUT2D eigenvalue weighted by molar-refractivity contribution is 9.10. The molecule has 0 aliphatic heterocycles. The number of hydrogen-bond acceptors (Lipinski definition) is 1. The van der Waals surface area contributed by atoms with Crippen molar-refractivity contribution in [3.8, 4) is 0 Å². The summed E-state index contributed by atoms with van der Waals surface area (Å²) in [6.45, 7) is 2.59. The maximum Gasteiger partial charge on any atom is 0.270 e. The van der Waals surface area contributed by atoms with Gasteiger partial charge in [-0.25, -0.2) is 0 Å². The Kier molecular flexibility index (Phi) is 3.39. The lowest BCUT2D eigenvalue weighted by molar-refractivity contribution is 0.0797. The zero-order valence-electron chi connectivity index (χ0n) is 7.40. The first-order valence-corrected chi connectivity index (χ1v) is 5.02. The summed E-state index contributed by atoms with van der Waals surface area (Å²) in [6.07, 6.45) is 0. The van der Waals surface area contributed by atoms with Crippen LogP contribution < -0.4 is 0 Å². The SMILES string of the molecule is CCN(C)C(=O)c1cc(Br)c(Cl)[nH]1. The second-order valence-electron chi connectivity index (χ2n) is 2.66. The van der Waals surface area contributed by atoms with E-state index in [-0.39, 0.29) is 5.91 Å². The minimum Gasteiger partial charge on any atom is -0.341 e. The molecular formula is C8H10BrClN2O. The smallest absolute Gasteiger partial charge is 0.270 e. The lowest BCUT2D eigenvalue weighted by Gasteiger charge is -2.12. The Morgan fingerprint density at radius 3 is 2.77 bits per heavy atom. The van der Waals surface area contributed by atoms with Crippen LogP contribution >= 0.6 is 27.5 Å². The van der Waals surface area contributed by atoms with Crippen LogP contribution in [0.15, 0.2) is 10.5 Å². The van der Waals surface area contributed by atoms with Crippen molar-refractivity contribution < 1.29 is 4.79 Å². The second kappa shape index (κ2) is 4.15. The van der Waals surface area contributed by atoms with E-state index in [4.69, 9.17) is 11.6 Å². The van der Waals surface area contributed by atoms with E-state index in [1.165, 1.54) is 0 Å². The van der Waals surface area contributed by atoms with E-state index in [1.54, 1.807) is 18.0 Å². The highest BCUT2D eigenvalue weighted by Gasteiger charge is 2.13. The molecule has 1 amide bonds. The number of carbonyl (C=O) groups is 1. The van der Waals surface area contributed by atoms with Gasteiger partial charge in [0.2, 0.25) is 0 Å². The third-order valence-corrected chi connectivity index (χ3v) is 2.93. The molecule has 0 bridgehead atoms. The molecule has 0 aliphatic carbocycles. The summed E-state index contributed by atoms with van der Waals surface area (Å²) in [4.78, 5) is 15.9. The number of carbonyl (C=O) groups excluding carboxylic acids is 1. The molecule has 1 heterocycles. The molecule has 0 unspecified atom stereocenters. The number of H-pyrrole nitrogens is 1. The van der Waals surface area contributed by atoms with Gasteiger partial charge in [-0.15, -0.1) is 0 Å². The van der Waals surface area contributed by atoms with E-state index in [2.05, 4.69) is 20.9 Å². The zero-order chi connectivity index (χ0) is 10.0. The molecule has 0 radical (unpaired) electrons. The largest absolute Gasteiger partial charge is 0.341 e. The van der Waals surface area contributed by atoms with Gasteiger partial charge in [-0.1, -0.05) is 11.6 Å². The van der Waals surface area contributed by atoms with Crippen LogP contribution in [0.4, 0.5) is 0 Å². The number of nitrogens with zero attached hydrogens (tertiary/aromatic N) is 1. The van der Waals surface area contributed by atoms with Gasteiger partial charge in [0.15, 0.2) is 0 Å². The van der Waals surface area contributed by atoms with Crippen LogP contribution in [0.3, 0.4) is 0 Å². The number of aromatic amines is 1. The summed E-state index contributed by atoms with van der Waals surface area (Å²) in [5.74, 6) is -0.0601. The minimum atomic E-state index is -0.0601. The van der Waals surface area contributed by atoms with Crippen molar-refractivity contribution in [1.29, 1.82) is 0 Å². The maximum atomic E-state index is 11.6. The number of nitrogens with one attached hydrogen (secondary N) is 1. The average Bonchev–Trinajstić information content (AvgIpc) is 2.44. The number of hydrogen-bond donors (Lipinski definition) is 1. The monoisotopic (exact) mass is 264 g/mol. The van der Waals surface area contributed by atoms with Crippen LogP contribution in [0.25, 0.3) is 0 Å². The predicted octanol–water partition coefficient (Wildman–Crippen LogP) is 2.52. The Labute approximate surface area is 90.2 Å². The van der Waals surface area contributed by atoms with Crippen LogP contribution in [0.1, 0.15) is 17.4 Å². The van der Waals surface area contributed by atoms with Crippen LogP contribution in [-0.2, 0) is 0 Å². The topological polar surface area (TPSA) is 36.1 Å². The molecule has 0 saturated carbocycles. The first-order chi connectivity index (χ1) is 6.06. The van der Waals surface area contributed by atoms with Gasteiger partial charge in [0.05, 0.1) is 4.47 Å². The minimum absolute atomic E-state index is 0.0601. The fourth-order valence-corrected chi connectivity index (χ4v) is 1.35. The van der Waals surface area contributed by atoms with Gasteiger partial charge >= 0.3 is 0 Å². The molecule has 0 aromatic carbocycles. The average molecular weight is 266 g/mol. The lowest BCUT2D eigenvalue weighted by Crippen LogP contribution is -2.26. The first kappa shape index (κ1) is 10.6. The number of amides is 1. The maximum absolute atomic E-state index is 11.6. The van der Waals surface area contributed by atoms with Crippen molar-refractivity contribution in [2.75, 3.05) is 13.6 Å². The molecule has 0 saturated heterocycles. The van der Waals surface area contributed by atoms with Crippen LogP contribution in [-0.4, -0.2) is 29.4 Å². The molecule has 1 rings (SSSR count). The van der Waals surface area contributed by atoms with Gasteiger partial charge in [-0.05, 0) is 28.9 Å². The Bertz CT molecular complexity index is 304. The van der Waals surface area contributed by atoms with E-state index < -0.39 is 0 Å². The molecule has 0 spiro atoms. The fraction of sp³-hybridized carbons (Fsp3) is 0.375. The van der Waals surface area contributed by atoms with Crippen molar-refractivity contribution in [1.82, 2.24) is 9.88 Å². The van der Waals surface area contributed by atoms with E-state index >= 15 is 0 Å². The Morgan fingerprint density at radius 2 is 2.38 bits per heavy atom. The highest BCUT2D eigenvalue weighted by Crippen LogP contribution is 2.22. The van der Waals surface area contributed by atoms with Gasteiger partial charge in [-0.2, -0.15) is 0 Å². The standard InChI is InChI=1S/C8H10BrClN2O/c1-3-12(2)8(13)6-4-5(9)7(10)11-6/h4,11H,3H2,1-2H3.